The van der Waals surface area contributed by atoms with Gasteiger partial charge in [-0.1, -0.05) is 0 Å². The Balaban J connectivity index is 3.94. The summed E-state index contributed by atoms with van der Waals surface area (Å²) >= 11 is 0. The number of alkyl halides is 1. The summed E-state index contributed by atoms with van der Waals surface area (Å²) in [5.74, 6) is -0.719. The van der Waals surface area contributed by atoms with Gasteiger partial charge in [0.2, 0.25) is 0 Å². The first-order chi connectivity index (χ1) is 3.62. The van der Waals surface area contributed by atoms with Crippen LogP contribution in [0.4, 0.5) is 4.39 Å². The van der Waals surface area contributed by atoms with Crippen LogP contribution in [0.25, 0.3) is 0 Å². The van der Waals surface area contributed by atoms with Crippen molar-refractivity contribution >= 4 is 16.1 Å². The number of hydrogen-bond acceptors (Lipinski definition) is 3. The highest BCUT2D eigenvalue weighted by atomic mass is 32.2. The van der Waals surface area contributed by atoms with Crippen LogP contribution < -0.4 is 0 Å². The van der Waals surface area contributed by atoms with Crippen LogP contribution in [0, 0.1) is 0 Å². The molecule has 0 aliphatic carbocycles. The lowest BCUT2D eigenvalue weighted by Gasteiger charge is -1.86. The zero-order valence-corrected chi connectivity index (χ0v) is 4.82. The van der Waals surface area contributed by atoms with Crippen molar-refractivity contribution in [2.45, 2.75) is 0 Å². The largest absolute Gasteiger partial charge is 0.302 e. The van der Waals surface area contributed by atoms with E-state index in [1.807, 2.05) is 0 Å². The first-order valence-electron chi connectivity index (χ1n) is 1.82. The van der Waals surface area contributed by atoms with Crippen molar-refractivity contribution in [3.8, 4) is 0 Å². The molecular formula is C3H5FO3S. The lowest BCUT2D eigenvalue weighted by molar-refractivity contribution is -0.105. The van der Waals surface area contributed by atoms with E-state index in [1.165, 1.54) is 0 Å². The van der Waals surface area contributed by atoms with Gasteiger partial charge in [0.05, 0.1) is 0 Å². The van der Waals surface area contributed by atoms with Crippen LogP contribution in [-0.2, 0) is 14.6 Å². The fraction of sp³-hybridized carbons (Fsp3) is 0.667. The number of halogens is 1. The Morgan fingerprint density at radius 2 is 2.00 bits per heavy atom. The van der Waals surface area contributed by atoms with Crippen molar-refractivity contribution in [2.75, 3.05) is 11.8 Å². The third-order valence-electron chi connectivity index (χ3n) is 0.488. The molecule has 0 unspecified atom stereocenters. The highest BCUT2D eigenvalue weighted by Crippen LogP contribution is 1.85. The van der Waals surface area contributed by atoms with E-state index in [2.05, 4.69) is 0 Å². The zero-order chi connectivity index (χ0) is 6.62. The standard InChI is InChI=1S/C3H5FO3S/c4-3-8(6,7)2-1-5/h1H,2-3H2. The van der Waals surface area contributed by atoms with Gasteiger partial charge in [-0.25, -0.2) is 12.8 Å². The summed E-state index contributed by atoms with van der Waals surface area (Å²) in [4.78, 5) is 9.43. The highest BCUT2D eigenvalue weighted by molar-refractivity contribution is 7.91. The van der Waals surface area contributed by atoms with Gasteiger partial charge in [0.15, 0.2) is 15.8 Å². The van der Waals surface area contributed by atoms with E-state index in [0.29, 0.717) is 0 Å². The second kappa shape index (κ2) is 2.76. The van der Waals surface area contributed by atoms with Crippen LogP contribution in [0.5, 0.6) is 0 Å². The molecule has 0 rings (SSSR count). The van der Waals surface area contributed by atoms with Crippen LogP contribution in [-0.4, -0.2) is 26.5 Å². The lowest BCUT2D eigenvalue weighted by atomic mass is 10.9. The molecule has 48 valence electrons. The fourth-order valence-electron chi connectivity index (χ4n) is 0.148. The van der Waals surface area contributed by atoms with Crippen LogP contribution in [0.1, 0.15) is 0 Å². The predicted octanol–water partition coefficient (Wildman–Crippen LogP) is -0.473. The maximum Gasteiger partial charge on any atom is 0.191 e. The minimum Gasteiger partial charge on any atom is -0.302 e. The van der Waals surface area contributed by atoms with Crippen molar-refractivity contribution in [1.29, 1.82) is 0 Å². The predicted molar refractivity (Wildman–Crippen MR) is 25.8 cm³/mol. The minimum absolute atomic E-state index is 0.162. The quantitative estimate of drug-likeness (QED) is 0.498. The van der Waals surface area contributed by atoms with Crippen molar-refractivity contribution in [2.24, 2.45) is 0 Å². The van der Waals surface area contributed by atoms with Gasteiger partial charge in [-0.3, -0.25) is 0 Å². The third-order valence-corrected chi connectivity index (χ3v) is 1.46. The molecule has 0 aliphatic heterocycles. The Labute approximate surface area is 46.4 Å². The van der Waals surface area contributed by atoms with E-state index < -0.39 is 21.6 Å². The summed E-state index contributed by atoms with van der Waals surface area (Å²) in [7, 11) is -3.70. The highest BCUT2D eigenvalue weighted by Gasteiger charge is 2.06. The lowest BCUT2D eigenvalue weighted by Crippen LogP contribution is -2.07. The molecular weight excluding hydrogens is 135 g/mol. The number of carbonyl (C=O) groups is 1. The Hall–Kier alpha value is -0.450. The zero-order valence-electron chi connectivity index (χ0n) is 4.00. The third kappa shape index (κ3) is 2.68. The first kappa shape index (κ1) is 7.55. The first-order valence-corrected chi connectivity index (χ1v) is 3.64. The van der Waals surface area contributed by atoms with Crippen molar-refractivity contribution in [1.82, 2.24) is 0 Å². The average molecular weight is 140 g/mol. The Kier molecular flexibility index (Phi) is 2.60. The molecule has 0 fully saturated rings. The molecule has 0 N–H and O–H groups in total. The summed E-state index contributed by atoms with van der Waals surface area (Å²) in [5, 5.41) is 0. The van der Waals surface area contributed by atoms with Gasteiger partial charge >= 0.3 is 0 Å². The Morgan fingerprint density at radius 3 is 2.12 bits per heavy atom. The molecule has 0 heterocycles. The molecule has 0 spiro atoms. The van der Waals surface area contributed by atoms with Crippen LogP contribution in [0.15, 0.2) is 0 Å². The van der Waals surface area contributed by atoms with Gasteiger partial charge in [0, 0.05) is 0 Å². The Bertz CT molecular complexity index is 159. The SMILES string of the molecule is O=CCS(=O)(=O)CF. The van der Waals surface area contributed by atoms with Crippen LogP contribution in [0.2, 0.25) is 0 Å². The molecule has 0 saturated heterocycles. The van der Waals surface area contributed by atoms with Gasteiger partial charge in [-0.05, 0) is 0 Å². The molecule has 0 atom stereocenters. The summed E-state index contributed by atoms with van der Waals surface area (Å²) in [5.41, 5.74) is 0. The minimum atomic E-state index is -3.70. The van der Waals surface area contributed by atoms with Gasteiger partial charge in [0.25, 0.3) is 0 Å². The van der Waals surface area contributed by atoms with E-state index in [0.717, 1.165) is 0 Å². The maximum atomic E-state index is 11.2. The molecule has 5 heteroatoms. The van der Waals surface area contributed by atoms with E-state index in [1.54, 1.807) is 0 Å². The van der Waals surface area contributed by atoms with E-state index in [9.17, 15) is 17.6 Å². The molecule has 0 aliphatic rings. The number of sulfone groups is 1. The smallest absolute Gasteiger partial charge is 0.191 e. The van der Waals surface area contributed by atoms with Gasteiger partial charge in [-0.2, -0.15) is 0 Å². The van der Waals surface area contributed by atoms with Gasteiger partial charge in [-0.15, -0.1) is 0 Å². The normalized spacial score (nSPS) is 11.1. The molecule has 0 aromatic carbocycles. The summed E-state index contributed by atoms with van der Waals surface area (Å²) < 4.78 is 31.2. The summed E-state index contributed by atoms with van der Waals surface area (Å²) in [6, 6.07) is -1.45. The molecule has 3 nitrogen and oxygen atoms in total. The average Bonchev–Trinajstić information content (AvgIpc) is 1.67. The van der Waals surface area contributed by atoms with Crippen molar-refractivity contribution in [3.63, 3.8) is 0 Å². The fourth-order valence-corrected chi connectivity index (χ4v) is 0.445. The molecule has 0 saturated carbocycles. The monoisotopic (exact) mass is 140 g/mol. The second-order valence-corrected chi connectivity index (χ2v) is 3.22. The van der Waals surface area contributed by atoms with Crippen molar-refractivity contribution in [3.05, 3.63) is 0 Å². The number of aldehydes is 1. The van der Waals surface area contributed by atoms with E-state index in [4.69, 9.17) is 0 Å². The second-order valence-electron chi connectivity index (χ2n) is 1.19. The summed E-state index contributed by atoms with van der Waals surface area (Å²) in [6.45, 7) is 0. The molecule has 0 bridgehead atoms. The molecule has 8 heavy (non-hydrogen) atoms. The van der Waals surface area contributed by atoms with Gasteiger partial charge in [0.1, 0.15) is 12.0 Å². The molecule has 0 radical (unpaired) electrons. The van der Waals surface area contributed by atoms with Gasteiger partial charge < -0.3 is 4.79 Å². The maximum absolute atomic E-state index is 11.2. The molecule has 0 amide bonds. The Morgan fingerprint density at radius 1 is 1.50 bits per heavy atom. The topological polar surface area (TPSA) is 51.2 Å². The van der Waals surface area contributed by atoms with E-state index >= 15 is 0 Å². The van der Waals surface area contributed by atoms with Crippen LogP contribution >= 0.6 is 0 Å². The molecule has 0 aromatic rings. The molecule has 0 aromatic heterocycles. The number of rotatable bonds is 3. The number of hydrogen-bond donors (Lipinski definition) is 0. The van der Waals surface area contributed by atoms with Crippen LogP contribution in [0.3, 0.4) is 0 Å². The number of carbonyl (C=O) groups excluding carboxylic acids is 1. The summed E-state index contributed by atoms with van der Waals surface area (Å²) in [6.07, 6.45) is 0.162. The van der Waals surface area contributed by atoms with Crippen molar-refractivity contribution < 1.29 is 17.6 Å². The van der Waals surface area contributed by atoms with E-state index in [-0.39, 0.29) is 6.29 Å².